The molecule has 0 aliphatic heterocycles. The molecule has 4 N–H and O–H groups in total. The molecule has 2 atom stereocenters. The van der Waals surface area contributed by atoms with Gasteiger partial charge in [-0.15, -0.1) is 11.3 Å². The number of hydrogen-bond acceptors (Lipinski definition) is 8. The lowest BCUT2D eigenvalue weighted by Gasteiger charge is -2.38. The van der Waals surface area contributed by atoms with Crippen molar-refractivity contribution in [3.05, 3.63) is 179 Å². The molecule has 12 nitrogen and oxygen atoms in total. The van der Waals surface area contributed by atoms with Crippen molar-refractivity contribution in [1.82, 2.24) is 26.3 Å². The Morgan fingerprint density at radius 3 is 1.79 bits per heavy atom. The third-order valence-corrected chi connectivity index (χ3v) is 11.4. The molecule has 0 aliphatic carbocycles. The summed E-state index contributed by atoms with van der Waals surface area (Å²) < 4.78 is 13.1. The number of ether oxygens (including phenoxy) is 2. The zero-order valence-corrected chi connectivity index (χ0v) is 35.9. The third kappa shape index (κ3) is 11.5. The molecule has 0 radical (unpaired) electrons. The fourth-order valence-corrected chi connectivity index (χ4v) is 8.36. The number of thiophene rings is 1. The van der Waals surface area contributed by atoms with Gasteiger partial charge in [-0.2, -0.15) is 0 Å². The first kappa shape index (κ1) is 45.2. The minimum Gasteiger partial charge on any atom is -0.351 e. The van der Waals surface area contributed by atoms with Gasteiger partial charge < -0.3 is 30.3 Å². The maximum Gasteiger partial charge on any atom is 0.338 e. The molecule has 322 valence electrons. The summed E-state index contributed by atoms with van der Waals surface area (Å²) in [5.41, 5.74) is 5.17. The van der Waals surface area contributed by atoms with E-state index in [9.17, 15) is 14.4 Å². The van der Waals surface area contributed by atoms with Crippen LogP contribution in [-0.4, -0.2) is 66.8 Å². The Morgan fingerprint density at radius 1 is 0.694 bits per heavy atom. The summed E-state index contributed by atoms with van der Waals surface area (Å²) in [6.45, 7) is 5.90. The quantitative estimate of drug-likeness (QED) is 0.0335. The van der Waals surface area contributed by atoms with Gasteiger partial charge in [0.15, 0.2) is 12.9 Å². The second-order valence-corrected chi connectivity index (χ2v) is 15.4. The summed E-state index contributed by atoms with van der Waals surface area (Å²) in [5.74, 6) is -1.79. The van der Waals surface area contributed by atoms with Crippen molar-refractivity contribution in [2.45, 2.75) is 64.2 Å². The molecule has 0 aliphatic rings. The van der Waals surface area contributed by atoms with Gasteiger partial charge >= 0.3 is 6.03 Å². The molecular weight excluding hydrogens is 803 g/mol. The van der Waals surface area contributed by atoms with Crippen LogP contribution >= 0.6 is 11.3 Å². The van der Waals surface area contributed by atoms with E-state index in [0.29, 0.717) is 13.2 Å². The minimum absolute atomic E-state index is 0.135. The lowest BCUT2D eigenvalue weighted by atomic mass is 9.77. The van der Waals surface area contributed by atoms with Crippen molar-refractivity contribution < 1.29 is 33.5 Å². The van der Waals surface area contributed by atoms with Crippen LogP contribution in [-0.2, 0) is 47.3 Å². The van der Waals surface area contributed by atoms with Crippen molar-refractivity contribution in [1.29, 1.82) is 0 Å². The molecule has 0 saturated carbocycles. The van der Waals surface area contributed by atoms with E-state index < -0.39 is 60.7 Å². The summed E-state index contributed by atoms with van der Waals surface area (Å²) in [6.07, 6.45) is -1.27. The van der Waals surface area contributed by atoms with E-state index in [4.69, 9.17) is 14.3 Å². The molecule has 5 aromatic carbocycles. The summed E-state index contributed by atoms with van der Waals surface area (Å²) in [7, 11) is 0. The van der Waals surface area contributed by atoms with Gasteiger partial charge in [0.1, 0.15) is 11.6 Å². The largest absolute Gasteiger partial charge is 0.351 e. The molecule has 62 heavy (non-hydrogen) atoms. The molecule has 0 bridgehead atoms. The SMILES string of the molecule is CCOC(OCC)C(C)N(Cc1csc2ccccc12)C(=O)C(CC(=O)NC(c1ccccc1)(c1ccccc1)c1ccccc1)NC(=O)CONC(=O)NCc1ccccc1. The predicted molar refractivity (Wildman–Crippen MR) is 241 cm³/mol. The van der Waals surface area contributed by atoms with Crippen LogP contribution in [0, 0.1) is 0 Å². The first-order valence-corrected chi connectivity index (χ1v) is 21.6. The molecule has 1 aromatic heterocycles. The van der Waals surface area contributed by atoms with Crippen molar-refractivity contribution in [3.8, 4) is 0 Å². The highest BCUT2D eigenvalue weighted by Crippen LogP contribution is 2.37. The fourth-order valence-electron chi connectivity index (χ4n) is 7.41. The molecule has 6 rings (SSSR count). The fraction of sp³-hybridized carbons (Fsp3) is 0.265. The lowest BCUT2D eigenvalue weighted by molar-refractivity contribution is -0.180. The van der Waals surface area contributed by atoms with Gasteiger partial charge in [0.05, 0.1) is 12.5 Å². The number of nitrogens with one attached hydrogen (secondary N) is 4. The van der Waals surface area contributed by atoms with Crippen molar-refractivity contribution in [3.63, 3.8) is 0 Å². The highest BCUT2D eigenvalue weighted by Gasteiger charge is 2.40. The molecule has 5 amide bonds. The van der Waals surface area contributed by atoms with Gasteiger partial charge in [-0.3, -0.25) is 19.2 Å². The van der Waals surface area contributed by atoms with Crippen LogP contribution in [0.2, 0.25) is 0 Å². The van der Waals surface area contributed by atoms with E-state index in [-0.39, 0.29) is 13.1 Å². The van der Waals surface area contributed by atoms with Gasteiger partial charge in [-0.1, -0.05) is 140 Å². The number of hydrogen-bond donors (Lipinski definition) is 4. The van der Waals surface area contributed by atoms with E-state index in [0.717, 1.165) is 37.9 Å². The zero-order chi connectivity index (χ0) is 43.7. The third-order valence-electron chi connectivity index (χ3n) is 10.4. The number of nitrogens with zero attached hydrogens (tertiary/aromatic N) is 1. The molecule has 0 fully saturated rings. The van der Waals surface area contributed by atoms with Gasteiger partial charge in [0, 0.05) is 31.0 Å². The average Bonchev–Trinajstić information content (AvgIpc) is 3.72. The number of urea groups is 1. The molecular formula is C49H53N5O7S. The topological polar surface area (TPSA) is 147 Å². The first-order chi connectivity index (χ1) is 30.2. The molecule has 0 saturated heterocycles. The van der Waals surface area contributed by atoms with Crippen LogP contribution in [0.15, 0.2) is 151 Å². The van der Waals surface area contributed by atoms with E-state index >= 15 is 4.79 Å². The predicted octanol–water partition coefficient (Wildman–Crippen LogP) is 7.43. The molecule has 2 unspecified atom stereocenters. The van der Waals surface area contributed by atoms with Gasteiger partial charge in [-0.25, -0.2) is 10.3 Å². The van der Waals surface area contributed by atoms with Gasteiger partial charge in [0.25, 0.3) is 0 Å². The molecule has 1 heterocycles. The molecule has 13 heteroatoms. The van der Waals surface area contributed by atoms with Gasteiger partial charge in [0.2, 0.25) is 17.7 Å². The Kier molecular flexibility index (Phi) is 16.4. The van der Waals surface area contributed by atoms with Crippen molar-refractivity contribution in [2.75, 3.05) is 19.8 Å². The van der Waals surface area contributed by atoms with Gasteiger partial charge in [-0.05, 0) is 65.4 Å². The summed E-state index contributed by atoms with van der Waals surface area (Å²) in [5, 5.41) is 11.7. The number of rotatable bonds is 21. The average molecular weight is 856 g/mol. The standard InChI is InChI=1S/C49H53N5O7S/c1-4-59-47(60-5-2)35(3)54(32-37-34-62-43-29-19-18-28-41(37)43)46(57)42(51-45(56)33-61-53-48(58)50-31-36-20-10-6-11-21-36)30-44(55)52-49(38-22-12-7-13-23-38,39-24-14-8-15-25-39)40-26-16-9-17-27-40/h6-29,34-35,42,47H,4-5,30-33H2,1-3H3,(H,51,56)(H,52,55)(H2,50,53,58). The molecule has 6 aromatic rings. The smallest absolute Gasteiger partial charge is 0.338 e. The lowest BCUT2D eigenvalue weighted by Crippen LogP contribution is -2.57. The summed E-state index contributed by atoms with van der Waals surface area (Å²) in [6, 6.07) is 43.4. The minimum atomic E-state index is -1.39. The number of amides is 5. The van der Waals surface area contributed by atoms with Crippen LogP contribution in [0.25, 0.3) is 10.1 Å². The number of carbonyl (C=O) groups is 4. The van der Waals surface area contributed by atoms with Crippen molar-refractivity contribution >= 4 is 45.2 Å². The Labute approximate surface area is 366 Å². The van der Waals surface area contributed by atoms with Crippen molar-refractivity contribution in [2.24, 2.45) is 0 Å². The Hall–Kier alpha value is -6.38. The zero-order valence-electron chi connectivity index (χ0n) is 35.1. The second-order valence-electron chi connectivity index (χ2n) is 14.5. The number of benzene rings is 5. The van der Waals surface area contributed by atoms with Crippen LogP contribution in [0.3, 0.4) is 0 Å². The number of hydroxylamine groups is 1. The highest BCUT2D eigenvalue weighted by atomic mass is 32.1. The Bertz CT molecular complexity index is 2250. The Balaban J connectivity index is 1.32. The van der Waals surface area contributed by atoms with Crippen LogP contribution < -0.4 is 21.4 Å². The number of fused-ring (bicyclic) bond motifs is 1. The maximum absolute atomic E-state index is 15.2. The normalized spacial score (nSPS) is 12.3. The van der Waals surface area contributed by atoms with E-state index in [1.165, 1.54) is 0 Å². The summed E-state index contributed by atoms with van der Waals surface area (Å²) >= 11 is 1.56. The van der Waals surface area contributed by atoms with E-state index in [1.807, 2.05) is 172 Å². The Morgan fingerprint density at radius 2 is 1.23 bits per heavy atom. The first-order valence-electron chi connectivity index (χ1n) is 20.7. The van der Waals surface area contributed by atoms with Crippen LogP contribution in [0.1, 0.15) is 55.0 Å². The van der Waals surface area contributed by atoms with E-state index in [2.05, 4.69) is 21.4 Å². The maximum atomic E-state index is 15.2. The second kappa shape index (κ2) is 22.5. The number of carbonyl (C=O) groups excluding carboxylic acids is 4. The highest BCUT2D eigenvalue weighted by molar-refractivity contribution is 7.17. The van der Waals surface area contributed by atoms with Crippen LogP contribution in [0.4, 0.5) is 4.79 Å². The van der Waals surface area contributed by atoms with Crippen LogP contribution in [0.5, 0.6) is 0 Å². The van der Waals surface area contributed by atoms with E-state index in [1.54, 1.807) is 16.2 Å². The molecule has 0 spiro atoms. The summed E-state index contributed by atoms with van der Waals surface area (Å²) in [4.78, 5) is 63.1. The monoisotopic (exact) mass is 855 g/mol.